The van der Waals surface area contributed by atoms with Crippen molar-refractivity contribution in [2.75, 3.05) is 7.11 Å². The van der Waals surface area contributed by atoms with Gasteiger partial charge in [-0.05, 0) is 43.2 Å². The van der Waals surface area contributed by atoms with Crippen LogP contribution in [-0.2, 0) is 24.8 Å². The molecule has 2 aromatic heterocycles. The van der Waals surface area contributed by atoms with Crippen LogP contribution >= 0.6 is 0 Å². The van der Waals surface area contributed by atoms with Crippen molar-refractivity contribution in [3.05, 3.63) is 58.5 Å². The van der Waals surface area contributed by atoms with E-state index in [1.54, 1.807) is 30.1 Å². The number of nitrogens with zero attached hydrogens (tertiary/aromatic N) is 3. The lowest BCUT2D eigenvalue weighted by Gasteiger charge is -2.28. The lowest BCUT2D eigenvalue weighted by atomic mass is 9.79. The van der Waals surface area contributed by atoms with E-state index in [-0.39, 0.29) is 23.1 Å². The molecule has 0 radical (unpaired) electrons. The number of carbonyl (C=O) groups is 1. The van der Waals surface area contributed by atoms with Crippen molar-refractivity contribution in [2.45, 2.75) is 38.6 Å². The Hall–Kier alpha value is -2.96. The van der Waals surface area contributed by atoms with Crippen molar-refractivity contribution in [3.8, 4) is 5.75 Å². The monoisotopic (exact) mass is 411 g/mol. The van der Waals surface area contributed by atoms with Crippen LogP contribution in [0.5, 0.6) is 5.75 Å². The molecule has 0 saturated heterocycles. The standard InChI is InChI=1S/C23H26FN3O3/c1-26-19-11-18(24)22(30-2)12-20(19)27(23(26)29)14-15-5-7-17(8-6-15)21(28)10-16-4-3-9-25-13-16/h3-4,9,11-13,15,17H,5-8,10,14H2,1-2H3. The molecule has 0 aliphatic heterocycles. The lowest BCUT2D eigenvalue weighted by molar-refractivity contribution is -0.123. The molecule has 0 unspecified atom stereocenters. The fraction of sp³-hybridized carbons (Fsp3) is 0.435. The summed E-state index contributed by atoms with van der Waals surface area (Å²) in [5.41, 5.74) is 2.02. The van der Waals surface area contributed by atoms with Crippen molar-refractivity contribution < 1.29 is 13.9 Å². The number of fused-ring (bicyclic) bond motifs is 1. The van der Waals surface area contributed by atoms with Crippen molar-refractivity contribution in [2.24, 2.45) is 18.9 Å². The van der Waals surface area contributed by atoms with Gasteiger partial charge in [-0.2, -0.15) is 0 Å². The van der Waals surface area contributed by atoms with E-state index in [0.29, 0.717) is 29.9 Å². The number of halogens is 1. The number of imidazole rings is 1. The van der Waals surface area contributed by atoms with E-state index in [9.17, 15) is 14.0 Å². The zero-order chi connectivity index (χ0) is 21.3. The number of carbonyl (C=O) groups excluding carboxylic acids is 1. The Bertz CT molecular complexity index is 1110. The normalized spacial score (nSPS) is 19.2. The Morgan fingerprint density at radius 3 is 2.67 bits per heavy atom. The van der Waals surface area contributed by atoms with Crippen molar-refractivity contribution in [1.82, 2.24) is 14.1 Å². The second kappa shape index (κ2) is 8.42. The van der Waals surface area contributed by atoms with Gasteiger partial charge in [0.2, 0.25) is 0 Å². The number of hydrogen-bond donors (Lipinski definition) is 0. The Labute approximate surface area is 174 Å². The van der Waals surface area contributed by atoms with E-state index >= 15 is 0 Å². The van der Waals surface area contributed by atoms with E-state index in [1.807, 2.05) is 12.1 Å². The number of aromatic nitrogens is 3. The molecular weight excluding hydrogens is 385 g/mol. The quantitative estimate of drug-likeness (QED) is 0.623. The summed E-state index contributed by atoms with van der Waals surface area (Å²) in [4.78, 5) is 29.5. The van der Waals surface area contributed by atoms with Gasteiger partial charge in [-0.1, -0.05) is 6.07 Å². The molecule has 1 saturated carbocycles. The van der Waals surface area contributed by atoms with Crippen LogP contribution in [0, 0.1) is 17.7 Å². The summed E-state index contributed by atoms with van der Waals surface area (Å²) in [7, 11) is 3.07. The molecule has 4 rings (SSSR count). The maximum Gasteiger partial charge on any atom is 0.328 e. The largest absolute Gasteiger partial charge is 0.494 e. The van der Waals surface area contributed by atoms with Crippen LogP contribution in [0.15, 0.2) is 41.5 Å². The Kier molecular flexibility index (Phi) is 5.70. The van der Waals surface area contributed by atoms with Gasteiger partial charge in [0.25, 0.3) is 0 Å². The van der Waals surface area contributed by atoms with Gasteiger partial charge in [0, 0.05) is 50.5 Å². The Morgan fingerprint density at radius 1 is 1.23 bits per heavy atom. The van der Waals surface area contributed by atoms with Crippen LogP contribution in [0.2, 0.25) is 0 Å². The number of aryl methyl sites for hydroxylation is 1. The number of pyridine rings is 1. The molecule has 0 spiro atoms. The molecule has 0 atom stereocenters. The minimum Gasteiger partial charge on any atom is -0.494 e. The molecule has 1 aliphatic carbocycles. The van der Waals surface area contributed by atoms with Gasteiger partial charge in [-0.3, -0.25) is 18.9 Å². The molecule has 7 heteroatoms. The first-order valence-corrected chi connectivity index (χ1v) is 10.3. The van der Waals surface area contributed by atoms with E-state index in [1.165, 1.54) is 17.7 Å². The van der Waals surface area contributed by atoms with Gasteiger partial charge in [0.05, 0.1) is 18.1 Å². The second-order valence-corrected chi connectivity index (χ2v) is 8.15. The summed E-state index contributed by atoms with van der Waals surface area (Å²) in [6.07, 6.45) is 7.33. The summed E-state index contributed by atoms with van der Waals surface area (Å²) in [6.45, 7) is 0.564. The third-order valence-electron chi connectivity index (χ3n) is 6.26. The minimum absolute atomic E-state index is 0.0693. The minimum atomic E-state index is -0.481. The number of Topliss-reactive ketones (excluding diaryl/α,β-unsaturated/α-hetero) is 1. The summed E-state index contributed by atoms with van der Waals surface area (Å²) in [5, 5.41) is 0. The van der Waals surface area contributed by atoms with Gasteiger partial charge in [0.15, 0.2) is 11.6 Å². The SMILES string of the molecule is COc1cc2c(cc1F)n(C)c(=O)n2CC1CCC(C(=O)Cc2cccnc2)CC1. The number of hydrogen-bond acceptors (Lipinski definition) is 4. The van der Waals surface area contributed by atoms with Crippen molar-refractivity contribution >= 4 is 16.8 Å². The fourth-order valence-corrected chi connectivity index (χ4v) is 4.51. The molecule has 2 heterocycles. The Balaban J connectivity index is 1.45. The lowest BCUT2D eigenvalue weighted by Crippen LogP contribution is -2.29. The second-order valence-electron chi connectivity index (χ2n) is 8.15. The van der Waals surface area contributed by atoms with Crippen LogP contribution in [0.1, 0.15) is 31.2 Å². The number of rotatable bonds is 6. The number of ether oxygens (including phenoxy) is 1. The summed E-state index contributed by atoms with van der Waals surface area (Å²) in [6, 6.07) is 6.72. The molecule has 1 aromatic carbocycles. The van der Waals surface area contributed by atoms with Crippen LogP contribution in [-0.4, -0.2) is 27.0 Å². The molecule has 1 fully saturated rings. The average Bonchev–Trinajstić information content (AvgIpc) is 2.98. The first-order chi connectivity index (χ1) is 14.5. The van der Waals surface area contributed by atoms with Crippen LogP contribution in [0.4, 0.5) is 4.39 Å². The average molecular weight is 411 g/mol. The highest BCUT2D eigenvalue weighted by molar-refractivity contribution is 5.83. The molecule has 0 N–H and O–H groups in total. The van der Waals surface area contributed by atoms with Crippen LogP contribution < -0.4 is 10.4 Å². The number of benzene rings is 1. The third kappa shape index (κ3) is 3.88. The zero-order valence-electron chi connectivity index (χ0n) is 17.3. The highest BCUT2D eigenvalue weighted by atomic mass is 19.1. The number of methoxy groups -OCH3 is 1. The maximum absolute atomic E-state index is 14.1. The maximum atomic E-state index is 14.1. The van der Waals surface area contributed by atoms with Gasteiger partial charge in [-0.15, -0.1) is 0 Å². The molecular formula is C23H26FN3O3. The van der Waals surface area contributed by atoms with E-state index in [2.05, 4.69) is 4.98 Å². The van der Waals surface area contributed by atoms with E-state index < -0.39 is 5.82 Å². The summed E-state index contributed by atoms with van der Waals surface area (Å²) >= 11 is 0. The smallest absolute Gasteiger partial charge is 0.328 e. The van der Waals surface area contributed by atoms with Crippen LogP contribution in [0.3, 0.4) is 0 Å². The highest BCUT2D eigenvalue weighted by Crippen LogP contribution is 2.32. The summed E-state index contributed by atoms with van der Waals surface area (Å²) in [5.74, 6) is 0.299. The Morgan fingerprint density at radius 2 is 2.00 bits per heavy atom. The van der Waals surface area contributed by atoms with E-state index in [4.69, 9.17) is 4.74 Å². The number of ketones is 1. The molecule has 3 aromatic rings. The molecule has 1 aliphatic rings. The topological polar surface area (TPSA) is 66.1 Å². The first kappa shape index (κ1) is 20.3. The van der Waals surface area contributed by atoms with Gasteiger partial charge in [-0.25, -0.2) is 9.18 Å². The van der Waals surface area contributed by atoms with Gasteiger partial charge in [0.1, 0.15) is 5.78 Å². The molecule has 0 bridgehead atoms. The summed E-state index contributed by atoms with van der Waals surface area (Å²) < 4.78 is 22.4. The molecule has 0 amide bonds. The van der Waals surface area contributed by atoms with Crippen molar-refractivity contribution in [3.63, 3.8) is 0 Å². The fourth-order valence-electron chi connectivity index (χ4n) is 4.51. The zero-order valence-corrected chi connectivity index (χ0v) is 17.3. The first-order valence-electron chi connectivity index (χ1n) is 10.3. The van der Waals surface area contributed by atoms with E-state index in [0.717, 1.165) is 31.2 Å². The van der Waals surface area contributed by atoms with Crippen molar-refractivity contribution in [1.29, 1.82) is 0 Å². The molecule has 30 heavy (non-hydrogen) atoms. The molecule has 6 nitrogen and oxygen atoms in total. The predicted molar refractivity (Wildman–Crippen MR) is 112 cm³/mol. The molecule has 158 valence electrons. The van der Waals surface area contributed by atoms with Gasteiger partial charge >= 0.3 is 5.69 Å². The predicted octanol–water partition coefficient (Wildman–Crippen LogP) is 3.50. The highest BCUT2D eigenvalue weighted by Gasteiger charge is 2.27. The van der Waals surface area contributed by atoms with Crippen LogP contribution in [0.25, 0.3) is 11.0 Å². The third-order valence-corrected chi connectivity index (χ3v) is 6.26. The van der Waals surface area contributed by atoms with Gasteiger partial charge < -0.3 is 4.74 Å².